The molecule has 26 heavy (non-hydrogen) atoms. The Morgan fingerprint density at radius 3 is 2.00 bits per heavy atom. The van der Waals surface area contributed by atoms with Crippen LogP contribution in [0.5, 0.6) is 0 Å². The van der Waals surface area contributed by atoms with Gasteiger partial charge in [0.05, 0.1) is 17.7 Å². The summed E-state index contributed by atoms with van der Waals surface area (Å²) < 4.78 is 0. The number of aliphatic hydroxyl groups excluding tert-OH is 1. The highest BCUT2D eigenvalue weighted by Crippen LogP contribution is 2.45. The fourth-order valence-corrected chi connectivity index (χ4v) is 5.21. The van der Waals surface area contributed by atoms with Gasteiger partial charge in [0, 0.05) is 22.5 Å². The molecule has 2 aliphatic rings. The molecule has 1 radical (unpaired) electrons. The van der Waals surface area contributed by atoms with Crippen LogP contribution < -0.4 is 0 Å². The first-order chi connectivity index (χ1) is 11.6. The van der Waals surface area contributed by atoms with Crippen molar-refractivity contribution in [1.29, 1.82) is 5.26 Å². The summed E-state index contributed by atoms with van der Waals surface area (Å²) in [6, 6.07) is 2.32. The highest BCUT2D eigenvalue weighted by atomic mass is 16.7. The molecule has 2 unspecified atom stereocenters. The van der Waals surface area contributed by atoms with E-state index in [2.05, 4.69) is 6.07 Å². The second-order valence-corrected chi connectivity index (χ2v) is 10.5. The molecule has 6 nitrogen and oxygen atoms in total. The van der Waals surface area contributed by atoms with Gasteiger partial charge in [-0.25, -0.2) is 0 Å². The first kappa shape index (κ1) is 21.6. The molecular formula is C20H36N3O3. The zero-order valence-electron chi connectivity index (χ0n) is 17.7. The molecule has 1 N–H and O–H groups in total. The maximum Gasteiger partial charge on any atom is 0.170 e. The van der Waals surface area contributed by atoms with Crippen molar-refractivity contribution >= 4 is 0 Å². The average molecular weight is 367 g/mol. The fourth-order valence-electron chi connectivity index (χ4n) is 5.21. The van der Waals surface area contributed by atoms with Crippen molar-refractivity contribution in [2.75, 3.05) is 0 Å². The van der Waals surface area contributed by atoms with E-state index in [0.29, 0.717) is 12.8 Å². The van der Waals surface area contributed by atoms with Gasteiger partial charge in [0.1, 0.15) is 0 Å². The van der Waals surface area contributed by atoms with Crippen LogP contribution in [0.4, 0.5) is 0 Å². The van der Waals surface area contributed by atoms with E-state index in [1.165, 1.54) is 0 Å². The highest BCUT2D eigenvalue weighted by Gasteiger charge is 2.53. The SMILES string of the molecule is CC1(C)CC(O)CC(C)(C)N1OC(C#N)C1CCC(C)(C)N([O])C1(C)C. The van der Waals surface area contributed by atoms with Crippen LogP contribution in [0.3, 0.4) is 0 Å². The Bertz CT molecular complexity index is 547. The van der Waals surface area contributed by atoms with Crippen LogP contribution in [-0.2, 0) is 10.0 Å². The van der Waals surface area contributed by atoms with E-state index in [1.807, 2.05) is 60.5 Å². The topological polar surface area (TPSA) is 79.6 Å². The lowest BCUT2D eigenvalue weighted by atomic mass is 9.71. The third kappa shape index (κ3) is 3.79. The zero-order valence-corrected chi connectivity index (χ0v) is 17.7. The molecule has 2 aliphatic heterocycles. The van der Waals surface area contributed by atoms with Crippen LogP contribution in [0.15, 0.2) is 0 Å². The van der Waals surface area contributed by atoms with Crippen LogP contribution in [0.1, 0.15) is 81.1 Å². The van der Waals surface area contributed by atoms with Crippen molar-refractivity contribution in [1.82, 2.24) is 10.1 Å². The van der Waals surface area contributed by atoms with E-state index < -0.39 is 28.3 Å². The first-order valence-electron chi connectivity index (χ1n) is 9.67. The summed E-state index contributed by atoms with van der Waals surface area (Å²) in [6.45, 7) is 15.9. The molecule has 0 amide bonds. The number of rotatable bonds is 3. The smallest absolute Gasteiger partial charge is 0.170 e. The molecular weight excluding hydrogens is 330 g/mol. The minimum absolute atomic E-state index is 0.184. The molecule has 2 fully saturated rings. The number of aliphatic hydroxyl groups is 1. The minimum atomic E-state index is -0.702. The van der Waals surface area contributed by atoms with Crippen molar-refractivity contribution in [2.24, 2.45) is 5.92 Å². The molecule has 0 aromatic heterocycles. The van der Waals surface area contributed by atoms with Crippen molar-refractivity contribution in [2.45, 2.75) is 115 Å². The van der Waals surface area contributed by atoms with Crippen molar-refractivity contribution in [3.8, 4) is 6.07 Å². The summed E-state index contributed by atoms with van der Waals surface area (Å²) >= 11 is 0. The van der Waals surface area contributed by atoms with Gasteiger partial charge in [-0.05, 0) is 81.1 Å². The molecule has 0 aromatic carbocycles. The molecule has 2 atom stereocenters. The number of piperidine rings is 2. The first-order valence-corrected chi connectivity index (χ1v) is 9.67. The molecule has 2 heterocycles. The zero-order chi connectivity index (χ0) is 20.1. The van der Waals surface area contributed by atoms with Gasteiger partial charge in [-0.2, -0.15) is 10.3 Å². The van der Waals surface area contributed by atoms with E-state index in [0.717, 1.165) is 17.9 Å². The van der Waals surface area contributed by atoms with E-state index in [-0.39, 0.29) is 12.0 Å². The number of nitriles is 1. The van der Waals surface area contributed by atoms with E-state index in [1.54, 1.807) is 0 Å². The maximum atomic E-state index is 12.9. The molecule has 0 bridgehead atoms. The second-order valence-electron chi connectivity index (χ2n) is 10.5. The lowest BCUT2D eigenvalue weighted by molar-refractivity contribution is -0.342. The van der Waals surface area contributed by atoms with Crippen LogP contribution in [0, 0.1) is 17.2 Å². The molecule has 2 saturated heterocycles. The normalized spacial score (nSPS) is 32.7. The van der Waals surface area contributed by atoms with Gasteiger partial charge in [0.2, 0.25) is 0 Å². The van der Waals surface area contributed by atoms with Gasteiger partial charge in [-0.3, -0.25) is 4.84 Å². The van der Waals surface area contributed by atoms with Crippen molar-refractivity contribution < 1.29 is 15.2 Å². The minimum Gasteiger partial charge on any atom is -0.393 e. The standard InChI is InChI=1S/C20H36N3O3/c1-17(2)10-9-15(20(7,8)22(17)25)16(13-21)26-23-18(3,4)11-14(24)12-19(23,5)6/h14-16,24H,9-12H2,1-8H3. The predicted molar refractivity (Wildman–Crippen MR) is 99.1 cm³/mol. The molecule has 6 heteroatoms. The molecule has 2 rings (SSSR count). The molecule has 0 aliphatic carbocycles. The molecule has 149 valence electrons. The quantitative estimate of drug-likeness (QED) is 0.827. The van der Waals surface area contributed by atoms with E-state index in [4.69, 9.17) is 4.84 Å². The Balaban J connectivity index is 2.28. The Labute approximate surface area is 158 Å². The van der Waals surface area contributed by atoms with Crippen LogP contribution in [-0.4, -0.2) is 49.6 Å². The van der Waals surface area contributed by atoms with Gasteiger partial charge >= 0.3 is 0 Å². The van der Waals surface area contributed by atoms with Gasteiger partial charge in [0.25, 0.3) is 0 Å². The monoisotopic (exact) mass is 366 g/mol. The maximum absolute atomic E-state index is 12.9. The Hall–Kier alpha value is -0.710. The van der Waals surface area contributed by atoms with Gasteiger partial charge in [-0.15, -0.1) is 10.3 Å². The Morgan fingerprint density at radius 2 is 1.54 bits per heavy atom. The summed E-state index contributed by atoms with van der Waals surface area (Å²) in [5, 5.41) is 36.0. The van der Waals surface area contributed by atoms with Gasteiger partial charge < -0.3 is 5.11 Å². The number of hydrogen-bond acceptors (Lipinski definition) is 5. The third-order valence-corrected chi connectivity index (χ3v) is 6.33. The Kier molecular flexibility index (Phi) is 5.58. The number of hydroxylamine groups is 4. The molecule has 0 aromatic rings. The number of hydrogen-bond donors (Lipinski definition) is 1. The lowest BCUT2D eigenvalue weighted by Gasteiger charge is -2.56. The summed E-state index contributed by atoms with van der Waals surface area (Å²) in [5.74, 6) is -0.184. The fraction of sp³-hybridized carbons (Fsp3) is 0.950. The number of nitrogens with zero attached hydrogens (tertiary/aromatic N) is 3. The van der Waals surface area contributed by atoms with E-state index in [9.17, 15) is 15.6 Å². The van der Waals surface area contributed by atoms with Crippen molar-refractivity contribution in [3.63, 3.8) is 0 Å². The van der Waals surface area contributed by atoms with Crippen LogP contribution >= 0.6 is 0 Å². The molecule has 0 spiro atoms. The van der Waals surface area contributed by atoms with Gasteiger partial charge in [0.15, 0.2) is 6.10 Å². The summed E-state index contributed by atoms with van der Waals surface area (Å²) in [4.78, 5) is 6.31. The van der Waals surface area contributed by atoms with E-state index >= 15 is 0 Å². The Morgan fingerprint density at radius 1 is 1.04 bits per heavy atom. The summed E-state index contributed by atoms with van der Waals surface area (Å²) in [7, 11) is 0. The molecule has 0 saturated carbocycles. The largest absolute Gasteiger partial charge is 0.393 e. The average Bonchev–Trinajstić information content (AvgIpc) is 2.44. The van der Waals surface area contributed by atoms with Crippen molar-refractivity contribution in [3.05, 3.63) is 0 Å². The highest BCUT2D eigenvalue weighted by molar-refractivity contribution is 5.06. The lowest BCUT2D eigenvalue weighted by Crippen LogP contribution is -2.66. The third-order valence-electron chi connectivity index (χ3n) is 6.33. The summed E-state index contributed by atoms with van der Waals surface area (Å²) in [5.41, 5.74) is -1.92. The van der Waals surface area contributed by atoms with Gasteiger partial charge in [-0.1, -0.05) is 0 Å². The van der Waals surface area contributed by atoms with Crippen LogP contribution in [0.2, 0.25) is 0 Å². The second kappa shape index (κ2) is 6.72. The van der Waals surface area contributed by atoms with Crippen LogP contribution in [0.25, 0.3) is 0 Å². The summed E-state index contributed by atoms with van der Waals surface area (Å²) in [6.07, 6.45) is 1.59. The predicted octanol–water partition coefficient (Wildman–Crippen LogP) is 3.44.